The first-order chi connectivity index (χ1) is 6.89. The summed E-state index contributed by atoms with van der Waals surface area (Å²) in [5.74, 6) is 0.948. The molecule has 0 aromatic rings. The second-order valence-electron chi connectivity index (χ2n) is 5.06. The van der Waals surface area contributed by atoms with Crippen LogP contribution in [0.2, 0.25) is 0 Å². The van der Waals surface area contributed by atoms with Crippen molar-refractivity contribution in [3.63, 3.8) is 0 Å². The molecule has 2 rings (SSSR count). The van der Waals surface area contributed by atoms with E-state index in [0.29, 0.717) is 17.5 Å². The van der Waals surface area contributed by atoms with Crippen molar-refractivity contribution < 1.29 is 13.2 Å². The predicted molar refractivity (Wildman–Crippen MR) is 65.6 cm³/mol. The van der Waals surface area contributed by atoms with Crippen LogP contribution in [-0.4, -0.2) is 38.3 Å². The number of hydrogen-bond acceptors (Lipinski definition) is 4. The molecule has 2 aliphatic rings. The standard InChI is InChI=1S/C10H19NO3S.ClH/c1-8-6-14-10(2,11-8)5-9-3-4-15(12,13)7-9;/h8-9,11H,3-7H2,1-2H3;1H. The van der Waals surface area contributed by atoms with Gasteiger partial charge in [-0.05, 0) is 32.6 Å². The van der Waals surface area contributed by atoms with E-state index in [2.05, 4.69) is 12.2 Å². The molecule has 2 heterocycles. The molecule has 0 radical (unpaired) electrons. The maximum Gasteiger partial charge on any atom is 0.150 e. The van der Waals surface area contributed by atoms with Crippen LogP contribution in [0.4, 0.5) is 0 Å². The topological polar surface area (TPSA) is 55.4 Å². The van der Waals surface area contributed by atoms with E-state index in [0.717, 1.165) is 19.4 Å². The van der Waals surface area contributed by atoms with E-state index < -0.39 is 9.84 Å². The minimum atomic E-state index is -2.76. The smallest absolute Gasteiger partial charge is 0.150 e. The molecule has 0 spiro atoms. The van der Waals surface area contributed by atoms with Crippen LogP contribution in [0.1, 0.15) is 26.7 Å². The third kappa shape index (κ3) is 3.32. The predicted octanol–water partition coefficient (Wildman–Crippen LogP) is 0.958. The van der Waals surface area contributed by atoms with Crippen LogP contribution in [0.5, 0.6) is 0 Å². The summed E-state index contributed by atoms with van der Waals surface area (Å²) < 4.78 is 28.3. The van der Waals surface area contributed by atoms with Gasteiger partial charge in [-0.3, -0.25) is 5.32 Å². The molecule has 16 heavy (non-hydrogen) atoms. The van der Waals surface area contributed by atoms with E-state index in [9.17, 15) is 8.42 Å². The first kappa shape index (κ1) is 14.2. The minimum absolute atomic E-state index is 0. The molecule has 0 aromatic heterocycles. The molecule has 0 aromatic carbocycles. The molecule has 1 N–H and O–H groups in total. The molecule has 6 heteroatoms. The van der Waals surface area contributed by atoms with Gasteiger partial charge < -0.3 is 4.74 Å². The number of halogens is 1. The normalized spacial score (nSPS) is 41.9. The Kier molecular flexibility index (Phi) is 4.27. The number of nitrogens with one attached hydrogen (secondary N) is 1. The van der Waals surface area contributed by atoms with Crippen LogP contribution in [0.15, 0.2) is 0 Å². The molecular weight excluding hydrogens is 250 g/mol. The number of sulfone groups is 1. The number of ether oxygens (including phenoxy) is 1. The van der Waals surface area contributed by atoms with E-state index in [4.69, 9.17) is 4.74 Å². The van der Waals surface area contributed by atoms with Gasteiger partial charge in [0.2, 0.25) is 0 Å². The van der Waals surface area contributed by atoms with E-state index in [-0.39, 0.29) is 24.0 Å². The van der Waals surface area contributed by atoms with Gasteiger partial charge >= 0.3 is 0 Å². The summed E-state index contributed by atoms with van der Waals surface area (Å²) in [6.07, 6.45) is 1.59. The van der Waals surface area contributed by atoms with Gasteiger partial charge in [0.15, 0.2) is 9.84 Å². The Morgan fingerprint density at radius 2 is 2.19 bits per heavy atom. The van der Waals surface area contributed by atoms with Gasteiger partial charge in [-0.1, -0.05) is 0 Å². The Morgan fingerprint density at radius 3 is 2.62 bits per heavy atom. The maximum atomic E-state index is 11.3. The molecule has 0 aliphatic carbocycles. The lowest BCUT2D eigenvalue weighted by Crippen LogP contribution is -2.42. The monoisotopic (exact) mass is 269 g/mol. The van der Waals surface area contributed by atoms with E-state index in [1.54, 1.807) is 0 Å². The highest BCUT2D eigenvalue weighted by Gasteiger charge is 2.39. The van der Waals surface area contributed by atoms with E-state index >= 15 is 0 Å². The van der Waals surface area contributed by atoms with Crippen molar-refractivity contribution in [3.8, 4) is 0 Å². The van der Waals surface area contributed by atoms with Crippen molar-refractivity contribution in [1.29, 1.82) is 0 Å². The minimum Gasteiger partial charge on any atom is -0.359 e. The Balaban J connectivity index is 0.00000128. The summed E-state index contributed by atoms with van der Waals surface area (Å²) in [5.41, 5.74) is -0.316. The molecule has 4 nitrogen and oxygen atoms in total. The fourth-order valence-corrected chi connectivity index (χ4v) is 4.48. The second-order valence-corrected chi connectivity index (χ2v) is 7.29. The van der Waals surface area contributed by atoms with Crippen LogP contribution in [0, 0.1) is 5.92 Å². The highest BCUT2D eigenvalue weighted by molar-refractivity contribution is 7.91. The van der Waals surface area contributed by atoms with Crippen molar-refractivity contribution in [3.05, 3.63) is 0 Å². The van der Waals surface area contributed by atoms with Gasteiger partial charge in [-0.2, -0.15) is 0 Å². The zero-order valence-electron chi connectivity index (χ0n) is 9.73. The summed E-state index contributed by atoms with van der Waals surface area (Å²) >= 11 is 0. The Bertz CT molecular complexity index is 346. The first-order valence-corrected chi connectivity index (χ1v) is 7.33. The van der Waals surface area contributed by atoms with Crippen LogP contribution in [0.25, 0.3) is 0 Å². The lowest BCUT2D eigenvalue weighted by atomic mass is 9.98. The van der Waals surface area contributed by atoms with Crippen LogP contribution >= 0.6 is 12.4 Å². The molecule has 2 aliphatic heterocycles. The Labute approximate surface area is 103 Å². The second kappa shape index (κ2) is 4.80. The van der Waals surface area contributed by atoms with Gasteiger partial charge in [0.1, 0.15) is 5.72 Å². The molecule has 0 saturated carbocycles. The van der Waals surface area contributed by atoms with E-state index in [1.165, 1.54) is 0 Å². The highest BCUT2D eigenvalue weighted by atomic mass is 35.5. The summed E-state index contributed by atoms with van der Waals surface area (Å²) in [5, 5.41) is 3.37. The Morgan fingerprint density at radius 1 is 1.50 bits per heavy atom. The number of rotatable bonds is 2. The first-order valence-electron chi connectivity index (χ1n) is 5.51. The number of hydrogen-bond donors (Lipinski definition) is 1. The summed E-state index contributed by atoms with van der Waals surface area (Å²) in [6, 6.07) is 0.369. The molecule has 96 valence electrons. The molecule has 2 fully saturated rings. The Hall–Kier alpha value is 0.160. The molecule has 3 atom stereocenters. The van der Waals surface area contributed by atoms with Crippen LogP contribution < -0.4 is 5.32 Å². The molecule has 3 unspecified atom stereocenters. The van der Waals surface area contributed by atoms with Gasteiger partial charge in [-0.25, -0.2) is 8.42 Å². The van der Waals surface area contributed by atoms with Crippen LogP contribution in [-0.2, 0) is 14.6 Å². The van der Waals surface area contributed by atoms with Crippen molar-refractivity contribution in [2.45, 2.75) is 38.5 Å². The highest BCUT2D eigenvalue weighted by Crippen LogP contribution is 2.30. The average Bonchev–Trinajstić information content (AvgIpc) is 2.56. The van der Waals surface area contributed by atoms with Crippen molar-refractivity contribution in [2.75, 3.05) is 18.1 Å². The van der Waals surface area contributed by atoms with Crippen molar-refractivity contribution in [1.82, 2.24) is 5.32 Å². The third-order valence-electron chi connectivity index (χ3n) is 3.21. The lowest BCUT2D eigenvalue weighted by Gasteiger charge is -2.26. The molecular formula is C10H20ClNO3S. The van der Waals surface area contributed by atoms with Crippen LogP contribution in [0.3, 0.4) is 0 Å². The maximum absolute atomic E-state index is 11.3. The lowest BCUT2D eigenvalue weighted by molar-refractivity contribution is -0.0110. The van der Waals surface area contributed by atoms with E-state index in [1.807, 2.05) is 6.92 Å². The van der Waals surface area contributed by atoms with Gasteiger partial charge in [0, 0.05) is 6.04 Å². The molecule has 2 saturated heterocycles. The molecule has 0 amide bonds. The van der Waals surface area contributed by atoms with Crippen molar-refractivity contribution >= 4 is 22.2 Å². The summed E-state index contributed by atoms with van der Waals surface area (Å²) in [4.78, 5) is 0. The average molecular weight is 270 g/mol. The zero-order valence-corrected chi connectivity index (χ0v) is 11.4. The van der Waals surface area contributed by atoms with Crippen molar-refractivity contribution in [2.24, 2.45) is 5.92 Å². The quantitative estimate of drug-likeness (QED) is 0.811. The third-order valence-corrected chi connectivity index (χ3v) is 5.05. The fourth-order valence-electron chi connectivity index (χ4n) is 2.62. The fraction of sp³-hybridized carbons (Fsp3) is 1.00. The van der Waals surface area contributed by atoms with Gasteiger partial charge in [0.25, 0.3) is 0 Å². The summed E-state index contributed by atoms with van der Waals surface area (Å²) in [6.45, 7) is 4.81. The largest absolute Gasteiger partial charge is 0.359 e. The zero-order chi connectivity index (χ0) is 11.1. The van der Waals surface area contributed by atoms with Gasteiger partial charge in [-0.15, -0.1) is 12.4 Å². The summed E-state index contributed by atoms with van der Waals surface area (Å²) in [7, 11) is -2.76. The SMILES string of the molecule is CC1COC(C)(CC2CCS(=O)(=O)C2)N1.Cl. The molecule has 0 bridgehead atoms. The van der Waals surface area contributed by atoms with Gasteiger partial charge in [0.05, 0.1) is 18.1 Å².